The summed E-state index contributed by atoms with van der Waals surface area (Å²) in [6.07, 6.45) is 0. The Hall–Kier alpha value is -3.80. The number of carbonyl (C=O) groups excluding carboxylic acids is 2. The van der Waals surface area contributed by atoms with Gasteiger partial charge in [0.2, 0.25) is 0 Å². The molecule has 6 heteroatoms. The molecular formula is C22H20N2O4. The van der Waals surface area contributed by atoms with Crippen molar-refractivity contribution >= 4 is 23.2 Å². The van der Waals surface area contributed by atoms with Gasteiger partial charge in [-0.05, 0) is 36.4 Å². The van der Waals surface area contributed by atoms with Gasteiger partial charge in [-0.25, -0.2) is 0 Å². The average Bonchev–Trinajstić information content (AvgIpc) is 2.73. The molecule has 0 radical (unpaired) electrons. The normalized spacial score (nSPS) is 10.0. The first-order chi connectivity index (χ1) is 13.7. The van der Waals surface area contributed by atoms with Gasteiger partial charge in [-0.1, -0.05) is 36.4 Å². The average molecular weight is 376 g/mol. The van der Waals surface area contributed by atoms with E-state index in [0.29, 0.717) is 28.4 Å². The summed E-state index contributed by atoms with van der Waals surface area (Å²) in [5.74, 6) is 0.540. The van der Waals surface area contributed by atoms with Crippen LogP contribution in [0.4, 0.5) is 11.4 Å². The number of carbonyl (C=O) groups is 2. The topological polar surface area (TPSA) is 76.7 Å². The third-order valence-electron chi connectivity index (χ3n) is 3.89. The van der Waals surface area contributed by atoms with Gasteiger partial charge in [-0.2, -0.15) is 0 Å². The lowest BCUT2D eigenvalue weighted by Crippen LogP contribution is -2.22. The number of ether oxygens (including phenoxy) is 2. The Morgan fingerprint density at radius 3 is 2.32 bits per heavy atom. The molecule has 2 N–H and O–H groups in total. The molecule has 3 rings (SSSR count). The van der Waals surface area contributed by atoms with Crippen LogP contribution in [0.1, 0.15) is 10.4 Å². The van der Waals surface area contributed by atoms with E-state index in [1.807, 2.05) is 18.2 Å². The highest BCUT2D eigenvalue weighted by molar-refractivity contribution is 6.10. The van der Waals surface area contributed by atoms with Crippen LogP contribution in [0.5, 0.6) is 11.5 Å². The Bertz CT molecular complexity index is 958. The molecular weight excluding hydrogens is 356 g/mol. The molecule has 0 aliphatic carbocycles. The van der Waals surface area contributed by atoms with Crippen molar-refractivity contribution in [3.05, 3.63) is 84.4 Å². The standard InChI is InChI=1S/C22H20N2O4/c1-27-18-11-7-8-16(14-18)23-22(26)19-12-5-6-13-20(19)24-21(25)15-28-17-9-3-2-4-10-17/h2-14H,15H2,1H3,(H,23,26)(H,24,25). The molecule has 0 aliphatic heterocycles. The van der Waals surface area contributed by atoms with Crippen molar-refractivity contribution < 1.29 is 19.1 Å². The van der Waals surface area contributed by atoms with Gasteiger partial charge in [0.1, 0.15) is 11.5 Å². The van der Waals surface area contributed by atoms with Gasteiger partial charge in [-0.15, -0.1) is 0 Å². The Morgan fingerprint density at radius 2 is 1.54 bits per heavy atom. The van der Waals surface area contributed by atoms with Gasteiger partial charge in [0.05, 0.1) is 18.4 Å². The Balaban J connectivity index is 1.66. The minimum absolute atomic E-state index is 0.157. The number of amides is 2. The van der Waals surface area contributed by atoms with Gasteiger partial charge >= 0.3 is 0 Å². The van der Waals surface area contributed by atoms with E-state index in [2.05, 4.69) is 10.6 Å². The van der Waals surface area contributed by atoms with Crippen LogP contribution in [0.3, 0.4) is 0 Å². The zero-order valence-corrected chi connectivity index (χ0v) is 15.3. The number of nitrogens with one attached hydrogen (secondary N) is 2. The summed E-state index contributed by atoms with van der Waals surface area (Å²) in [6, 6.07) is 22.9. The fourth-order valence-electron chi connectivity index (χ4n) is 2.54. The van der Waals surface area contributed by atoms with Gasteiger partial charge in [0.25, 0.3) is 11.8 Å². The van der Waals surface area contributed by atoms with Gasteiger partial charge in [0.15, 0.2) is 6.61 Å². The van der Waals surface area contributed by atoms with E-state index in [9.17, 15) is 9.59 Å². The van der Waals surface area contributed by atoms with Crippen LogP contribution in [-0.4, -0.2) is 25.5 Å². The number of rotatable bonds is 7. The SMILES string of the molecule is COc1cccc(NC(=O)c2ccccc2NC(=O)COc2ccccc2)c1. The van der Waals surface area contributed by atoms with Gasteiger partial charge < -0.3 is 20.1 Å². The lowest BCUT2D eigenvalue weighted by molar-refractivity contribution is -0.118. The summed E-state index contributed by atoms with van der Waals surface area (Å²) in [6.45, 7) is -0.157. The first-order valence-corrected chi connectivity index (χ1v) is 8.68. The van der Waals surface area contributed by atoms with Crippen molar-refractivity contribution in [3.63, 3.8) is 0 Å². The zero-order chi connectivity index (χ0) is 19.8. The molecule has 0 spiro atoms. The van der Waals surface area contributed by atoms with E-state index in [1.165, 1.54) is 0 Å². The quantitative estimate of drug-likeness (QED) is 0.654. The van der Waals surface area contributed by atoms with Crippen molar-refractivity contribution in [3.8, 4) is 11.5 Å². The van der Waals surface area contributed by atoms with E-state index >= 15 is 0 Å². The second-order valence-corrected chi connectivity index (χ2v) is 5.88. The van der Waals surface area contributed by atoms with Crippen molar-refractivity contribution in [2.45, 2.75) is 0 Å². The molecule has 0 bridgehead atoms. The van der Waals surface area contributed by atoms with Crippen LogP contribution in [0, 0.1) is 0 Å². The maximum absolute atomic E-state index is 12.7. The molecule has 2 amide bonds. The predicted octanol–water partition coefficient (Wildman–Crippen LogP) is 3.97. The van der Waals surface area contributed by atoms with Crippen LogP contribution in [0.15, 0.2) is 78.9 Å². The number of hydrogen-bond donors (Lipinski definition) is 2. The summed E-state index contributed by atoms with van der Waals surface area (Å²) in [5, 5.41) is 5.52. The number of hydrogen-bond acceptors (Lipinski definition) is 4. The summed E-state index contributed by atoms with van der Waals surface area (Å²) in [4.78, 5) is 24.9. The van der Waals surface area contributed by atoms with E-state index in [4.69, 9.17) is 9.47 Å². The molecule has 0 saturated carbocycles. The Labute approximate surface area is 163 Å². The maximum Gasteiger partial charge on any atom is 0.262 e. The van der Waals surface area contributed by atoms with Crippen LogP contribution in [-0.2, 0) is 4.79 Å². The van der Waals surface area contributed by atoms with E-state index < -0.39 is 0 Å². The highest BCUT2D eigenvalue weighted by atomic mass is 16.5. The number of anilines is 2. The van der Waals surface area contributed by atoms with E-state index in [0.717, 1.165) is 0 Å². The molecule has 6 nitrogen and oxygen atoms in total. The molecule has 3 aromatic rings. The molecule has 28 heavy (non-hydrogen) atoms. The van der Waals surface area contributed by atoms with Crippen LogP contribution in [0.2, 0.25) is 0 Å². The predicted molar refractivity (Wildman–Crippen MR) is 108 cm³/mol. The number of benzene rings is 3. The lowest BCUT2D eigenvalue weighted by atomic mass is 10.1. The lowest BCUT2D eigenvalue weighted by Gasteiger charge is -2.12. The fraction of sp³-hybridized carbons (Fsp3) is 0.0909. The summed E-state index contributed by atoms with van der Waals surface area (Å²) in [5.41, 5.74) is 1.35. The molecule has 0 atom stereocenters. The van der Waals surface area contributed by atoms with Gasteiger partial charge in [-0.3, -0.25) is 9.59 Å². The van der Waals surface area contributed by atoms with Crippen molar-refractivity contribution in [2.75, 3.05) is 24.4 Å². The third kappa shape index (κ3) is 5.11. The van der Waals surface area contributed by atoms with Gasteiger partial charge in [0, 0.05) is 11.8 Å². The smallest absolute Gasteiger partial charge is 0.262 e. The maximum atomic E-state index is 12.7. The Morgan fingerprint density at radius 1 is 0.821 bits per heavy atom. The highest BCUT2D eigenvalue weighted by Gasteiger charge is 2.14. The highest BCUT2D eigenvalue weighted by Crippen LogP contribution is 2.20. The minimum Gasteiger partial charge on any atom is -0.497 e. The molecule has 0 fully saturated rings. The van der Waals surface area contributed by atoms with Crippen LogP contribution in [0.25, 0.3) is 0 Å². The summed E-state index contributed by atoms with van der Waals surface area (Å²) < 4.78 is 10.6. The second-order valence-electron chi connectivity index (χ2n) is 5.88. The Kier molecular flexibility index (Phi) is 6.25. The third-order valence-corrected chi connectivity index (χ3v) is 3.89. The largest absolute Gasteiger partial charge is 0.497 e. The van der Waals surface area contributed by atoms with E-state index in [-0.39, 0.29) is 18.4 Å². The second kappa shape index (κ2) is 9.23. The molecule has 0 aliphatic rings. The first-order valence-electron chi connectivity index (χ1n) is 8.68. The summed E-state index contributed by atoms with van der Waals surface area (Å²) in [7, 11) is 1.56. The number of para-hydroxylation sites is 2. The van der Waals surface area contributed by atoms with Crippen molar-refractivity contribution in [2.24, 2.45) is 0 Å². The summed E-state index contributed by atoms with van der Waals surface area (Å²) >= 11 is 0. The molecule has 0 saturated heterocycles. The van der Waals surface area contributed by atoms with Crippen molar-refractivity contribution in [1.82, 2.24) is 0 Å². The molecule has 0 aromatic heterocycles. The minimum atomic E-state index is -0.356. The molecule has 0 heterocycles. The number of methoxy groups -OCH3 is 1. The monoisotopic (exact) mass is 376 g/mol. The van der Waals surface area contributed by atoms with Crippen LogP contribution >= 0.6 is 0 Å². The molecule has 3 aromatic carbocycles. The fourth-order valence-corrected chi connectivity index (χ4v) is 2.54. The van der Waals surface area contributed by atoms with Crippen molar-refractivity contribution in [1.29, 1.82) is 0 Å². The molecule has 0 unspecified atom stereocenters. The molecule has 142 valence electrons. The van der Waals surface area contributed by atoms with E-state index in [1.54, 1.807) is 67.8 Å². The first kappa shape index (κ1) is 19.0. The van der Waals surface area contributed by atoms with Crippen LogP contribution < -0.4 is 20.1 Å². The zero-order valence-electron chi connectivity index (χ0n) is 15.3.